The van der Waals surface area contributed by atoms with Gasteiger partial charge in [0.1, 0.15) is 16.8 Å². The van der Waals surface area contributed by atoms with Crippen molar-refractivity contribution in [2.45, 2.75) is 44.9 Å². The van der Waals surface area contributed by atoms with Gasteiger partial charge in [-0.2, -0.15) is 5.26 Å². The van der Waals surface area contributed by atoms with Crippen LogP contribution >= 0.6 is 23.1 Å². The van der Waals surface area contributed by atoms with Crippen LogP contribution in [0.1, 0.15) is 36.2 Å². The first kappa shape index (κ1) is 21.1. The van der Waals surface area contributed by atoms with Crippen LogP contribution in [0.2, 0.25) is 0 Å². The zero-order valence-corrected chi connectivity index (χ0v) is 18.6. The van der Waals surface area contributed by atoms with E-state index in [-0.39, 0.29) is 5.91 Å². The quantitative estimate of drug-likeness (QED) is 0.558. The van der Waals surface area contributed by atoms with Crippen LogP contribution in [-0.4, -0.2) is 27.7 Å². The SMILES string of the molecule is CCOc1ccc2nc(NC(=O)C(C)Sc3nc(C)c(C)c(C)c3C#N)sc2c1. The van der Waals surface area contributed by atoms with Crippen molar-refractivity contribution in [3.05, 3.63) is 40.6 Å². The predicted octanol–water partition coefficient (Wildman–Crippen LogP) is 5.01. The molecule has 150 valence electrons. The van der Waals surface area contributed by atoms with Crippen molar-refractivity contribution in [1.82, 2.24) is 9.97 Å². The molecule has 0 saturated carbocycles. The number of nitrogens with zero attached hydrogens (tertiary/aromatic N) is 3. The van der Waals surface area contributed by atoms with Gasteiger partial charge >= 0.3 is 0 Å². The Bertz CT molecular complexity index is 1120. The summed E-state index contributed by atoms with van der Waals surface area (Å²) in [6, 6.07) is 7.89. The summed E-state index contributed by atoms with van der Waals surface area (Å²) >= 11 is 2.69. The second-order valence-corrected chi connectivity index (χ2v) is 8.93. The molecule has 1 atom stereocenters. The fourth-order valence-corrected chi connectivity index (χ4v) is 4.68. The summed E-state index contributed by atoms with van der Waals surface area (Å²) in [4.78, 5) is 21.7. The van der Waals surface area contributed by atoms with E-state index in [0.717, 1.165) is 32.8 Å². The van der Waals surface area contributed by atoms with E-state index < -0.39 is 5.25 Å². The maximum atomic E-state index is 12.7. The fourth-order valence-electron chi connectivity index (χ4n) is 2.77. The number of anilines is 1. The smallest absolute Gasteiger partial charge is 0.239 e. The summed E-state index contributed by atoms with van der Waals surface area (Å²) < 4.78 is 6.46. The molecule has 0 aliphatic heterocycles. The Balaban J connectivity index is 1.76. The van der Waals surface area contributed by atoms with E-state index in [1.807, 2.05) is 45.9 Å². The molecule has 1 unspecified atom stereocenters. The fraction of sp³-hybridized carbons (Fsp3) is 0.333. The zero-order chi connectivity index (χ0) is 21.1. The highest BCUT2D eigenvalue weighted by Crippen LogP contribution is 2.32. The van der Waals surface area contributed by atoms with E-state index in [1.54, 1.807) is 6.92 Å². The van der Waals surface area contributed by atoms with E-state index in [1.165, 1.54) is 23.1 Å². The van der Waals surface area contributed by atoms with E-state index in [0.29, 0.717) is 22.3 Å². The van der Waals surface area contributed by atoms with Crippen LogP contribution in [0.25, 0.3) is 10.2 Å². The lowest BCUT2D eigenvalue weighted by atomic mass is 10.1. The van der Waals surface area contributed by atoms with Gasteiger partial charge in [0.25, 0.3) is 0 Å². The number of thiazole rings is 1. The van der Waals surface area contributed by atoms with Gasteiger partial charge in [-0.05, 0) is 63.9 Å². The number of thioether (sulfide) groups is 1. The Kier molecular flexibility index (Phi) is 6.40. The normalized spacial score (nSPS) is 11.9. The van der Waals surface area contributed by atoms with Gasteiger partial charge in [-0.25, -0.2) is 9.97 Å². The molecule has 3 aromatic rings. The van der Waals surface area contributed by atoms with Crippen LogP contribution in [0.5, 0.6) is 5.75 Å². The summed E-state index contributed by atoms with van der Waals surface area (Å²) in [5.74, 6) is 0.603. The molecule has 0 saturated heterocycles. The number of hydrogen-bond donors (Lipinski definition) is 1. The molecule has 3 rings (SSSR count). The van der Waals surface area contributed by atoms with Gasteiger partial charge in [-0.3, -0.25) is 4.79 Å². The third kappa shape index (κ3) is 4.52. The van der Waals surface area contributed by atoms with Crippen LogP contribution < -0.4 is 10.1 Å². The summed E-state index contributed by atoms with van der Waals surface area (Å²) in [6.07, 6.45) is 0. The third-order valence-electron chi connectivity index (χ3n) is 4.63. The highest BCUT2D eigenvalue weighted by atomic mass is 32.2. The Morgan fingerprint density at radius 2 is 2.07 bits per heavy atom. The van der Waals surface area contributed by atoms with Gasteiger partial charge in [0, 0.05) is 5.69 Å². The van der Waals surface area contributed by atoms with Crippen LogP contribution in [0.4, 0.5) is 5.13 Å². The van der Waals surface area contributed by atoms with E-state index >= 15 is 0 Å². The minimum absolute atomic E-state index is 0.180. The minimum atomic E-state index is -0.429. The summed E-state index contributed by atoms with van der Waals surface area (Å²) in [5.41, 5.74) is 4.12. The second kappa shape index (κ2) is 8.80. The Labute approximate surface area is 178 Å². The Hall–Kier alpha value is -2.63. The van der Waals surface area contributed by atoms with Crippen molar-refractivity contribution in [3.63, 3.8) is 0 Å². The molecule has 0 bridgehead atoms. The number of rotatable bonds is 6. The van der Waals surface area contributed by atoms with Crippen molar-refractivity contribution < 1.29 is 9.53 Å². The molecule has 2 heterocycles. The van der Waals surface area contributed by atoms with Gasteiger partial charge in [-0.1, -0.05) is 23.1 Å². The Morgan fingerprint density at radius 3 is 2.76 bits per heavy atom. The first-order valence-corrected chi connectivity index (χ1v) is 10.9. The number of fused-ring (bicyclic) bond motifs is 1. The molecule has 8 heteroatoms. The number of amides is 1. The monoisotopic (exact) mass is 426 g/mol. The molecular weight excluding hydrogens is 404 g/mol. The average Bonchev–Trinajstić information content (AvgIpc) is 3.08. The topological polar surface area (TPSA) is 87.9 Å². The number of nitriles is 1. The van der Waals surface area contributed by atoms with Crippen LogP contribution in [0.3, 0.4) is 0 Å². The number of aryl methyl sites for hydroxylation is 1. The van der Waals surface area contributed by atoms with E-state index in [4.69, 9.17) is 4.74 Å². The molecular formula is C21H22N4O2S2. The van der Waals surface area contributed by atoms with Gasteiger partial charge in [0.15, 0.2) is 5.13 Å². The standard InChI is InChI=1S/C21H22N4O2S2/c1-6-27-15-7-8-17-18(9-15)29-21(24-17)25-19(26)14(5)28-20-16(10-22)12(3)11(2)13(4)23-20/h7-9,14H,6H2,1-5H3,(H,24,25,26). The lowest BCUT2D eigenvalue weighted by Crippen LogP contribution is -2.22. The minimum Gasteiger partial charge on any atom is -0.494 e. The van der Waals surface area contributed by atoms with Gasteiger partial charge in [0.2, 0.25) is 5.91 Å². The number of aromatic nitrogens is 2. The maximum Gasteiger partial charge on any atom is 0.239 e. The van der Waals surface area contributed by atoms with Crippen LogP contribution in [-0.2, 0) is 4.79 Å². The molecule has 29 heavy (non-hydrogen) atoms. The van der Waals surface area contributed by atoms with Crippen molar-refractivity contribution in [3.8, 4) is 11.8 Å². The van der Waals surface area contributed by atoms with Crippen molar-refractivity contribution in [2.75, 3.05) is 11.9 Å². The largest absolute Gasteiger partial charge is 0.494 e. The van der Waals surface area contributed by atoms with Gasteiger partial charge < -0.3 is 10.1 Å². The zero-order valence-electron chi connectivity index (χ0n) is 17.0. The number of hydrogen-bond acceptors (Lipinski definition) is 7. The first-order valence-electron chi connectivity index (χ1n) is 9.22. The second-order valence-electron chi connectivity index (χ2n) is 6.57. The van der Waals surface area contributed by atoms with E-state index in [2.05, 4.69) is 21.4 Å². The third-order valence-corrected chi connectivity index (χ3v) is 6.65. The number of benzene rings is 1. The summed E-state index contributed by atoms with van der Waals surface area (Å²) in [5, 5.41) is 13.1. The molecule has 2 aromatic heterocycles. The molecule has 0 radical (unpaired) electrons. The average molecular weight is 427 g/mol. The van der Waals surface area contributed by atoms with Crippen molar-refractivity contribution >= 4 is 44.4 Å². The summed E-state index contributed by atoms with van der Waals surface area (Å²) in [7, 11) is 0. The number of nitrogens with one attached hydrogen (secondary N) is 1. The number of pyridine rings is 1. The summed E-state index contributed by atoms with van der Waals surface area (Å²) in [6.45, 7) is 10.1. The number of carbonyl (C=O) groups excluding carboxylic acids is 1. The Morgan fingerprint density at radius 1 is 1.31 bits per heavy atom. The highest BCUT2D eigenvalue weighted by molar-refractivity contribution is 8.00. The van der Waals surface area contributed by atoms with Gasteiger partial charge in [0.05, 0.1) is 27.6 Å². The van der Waals surface area contributed by atoms with Crippen LogP contribution in [0, 0.1) is 32.1 Å². The lowest BCUT2D eigenvalue weighted by molar-refractivity contribution is -0.115. The van der Waals surface area contributed by atoms with E-state index in [9.17, 15) is 10.1 Å². The van der Waals surface area contributed by atoms with Crippen molar-refractivity contribution in [1.29, 1.82) is 5.26 Å². The maximum absolute atomic E-state index is 12.7. The number of ether oxygens (including phenoxy) is 1. The van der Waals surface area contributed by atoms with Crippen molar-refractivity contribution in [2.24, 2.45) is 0 Å². The first-order chi connectivity index (χ1) is 13.8. The molecule has 0 aliphatic rings. The highest BCUT2D eigenvalue weighted by Gasteiger charge is 2.21. The lowest BCUT2D eigenvalue weighted by Gasteiger charge is -2.14. The van der Waals surface area contributed by atoms with Gasteiger partial charge in [-0.15, -0.1) is 0 Å². The predicted molar refractivity (Wildman–Crippen MR) is 118 cm³/mol. The molecule has 0 fully saturated rings. The molecule has 1 aromatic carbocycles. The number of carbonyl (C=O) groups is 1. The molecule has 0 spiro atoms. The molecule has 6 nitrogen and oxygen atoms in total. The van der Waals surface area contributed by atoms with Crippen LogP contribution in [0.15, 0.2) is 23.2 Å². The molecule has 1 amide bonds. The molecule has 1 N–H and O–H groups in total. The molecule has 0 aliphatic carbocycles.